The molecule has 0 spiro atoms. The molecule has 2 rings (SSSR count). The van der Waals surface area contributed by atoms with E-state index in [1.54, 1.807) is 24.3 Å². The minimum absolute atomic E-state index is 0.126. The SMILES string of the molecule is O=C(NCCC(=O)N1CCCCC1)c1ccc(Cl)cc1. The molecule has 1 heterocycles. The van der Waals surface area contributed by atoms with E-state index in [-0.39, 0.29) is 11.8 Å². The van der Waals surface area contributed by atoms with E-state index in [1.807, 2.05) is 4.90 Å². The third kappa shape index (κ3) is 4.23. The molecule has 20 heavy (non-hydrogen) atoms. The lowest BCUT2D eigenvalue weighted by molar-refractivity contribution is -0.131. The first kappa shape index (κ1) is 14.9. The molecule has 4 nitrogen and oxygen atoms in total. The number of hydrogen-bond acceptors (Lipinski definition) is 2. The number of halogens is 1. The molecule has 1 N–H and O–H groups in total. The van der Waals surface area contributed by atoms with Gasteiger partial charge in [-0.2, -0.15) is 0 Å². The van der Waals surface area contributed by atoms with Crippen LogP contribution in [0.2, 0.25) is 5.02 Å². The van der Waals surface area contributed by atoms with Crippen LogP contribution in [-0.2, 0) is 4.79 Å². The molecule has 0 radical (unpaired) electrons. The summed E-state index contributed by atoms with van der Waals surface area (Å²) in [6, 6.07) is 6.69. The van der Waals surface area contributed by atoms with Gasteiger partial charge in [-0.05, 0) is 43.5 Å². The minimum atomic E-state index is -0.173. The average Bonchev–Trinajstić information content (AvgIpc) is 2.48. The number of hydrogen-bond donors (Lipinski definition) is 1. The zero-order chi connectivity index (χ0) is 14.4. The second-order valence-corrected chi connectivity index (χ2v) is 5.39. The first-order valence-corrected chi connectivity index (χ1v) is 7.36. The van der Waals surface area contributed by atoms with Gasteiger partial charge in [-0.15, -0.1) is 0 Å². The molecule has 0 saturated carbocycles. The van der Waals surface area contributed by atoms with Gasteiger partial charge in [0, 0.05) is 36.6 Å². The van der Waals surface area contributed by atoms with Gasteiger partial charge < -0.3 is 10.2 Å². The fourth-order valence-electron chi connectivity index (χ4n) is 2.29. The number of rotatable bonds is 4. The van der Waals surface area contributed by atoms with E-state index in [9.17, 15) is 9.59 Å². The van der Waals surface area contributed by atoms with Crippen LogP contribution in [0.15, 0.2) is 24.3 Å². The van der Waals surface area contributed by atoms with Gasteiger partial charge in [0.25, 0.3) is 5.91 Å². The number of carbonyl (C=O) groups is 2. The van der Waals surface area contributed by atoms with E-state index in [4.69, 9.17) is 11.6 Å². The van der Waals surface area contributed by atoms with Crippen LogP contribution >= 0.6 is 11.6 Å². The van der Waals surface area contributed by atoms with Crippen molar-refractivity contribution in [3.05, 3.63) is 34.9 Å². The van der Waals surface area contributed by atoms with Gasteiger partial charge in [-0.25, -0.2) is 0 Å². The maximum Gasteiger partial charge on any atom is 0.251 e. The van der Waals surface area contributed by atoms with Crippen LogP contribution in [0.1, 0.15) is 36.0 Å². The third-order valence-electron chi connectivity index (χ3n) is 3.44. The van der Waals surface area contributed by atoms with E-state index < -0.39 is 0 Å². The summed E-state index contributed by atoms with van der Waals surface area (Å²) in [5.41, 5.74) is 0.555. The highest BCUT2D eigenvalue weighted by molar-refractivity contribution is 6.30. The molecule has 1 aliphatic rings. The third-order valence-corrected chi connectivity index (χ3v) is 3.69. The highest BCUT2D eigenvalue weighted by atomic mass is 35.5. The summed E-state index contributed by atoms with van der Waals surface area (Å²) < 4.78 is 0. The average molecular weight is 295 g/mol. The Bertz CT molecular complexity index is 467. The van der Waals surface area contributed by atoms with Crippen LogP contribution in [0, 0.1) is 0 Å². The normalized spacial score (nSPS) is 14.9. The molecule has 1 aromatic carbocycles. The highest BCUT2D eigenvalue weighted by Crippen LogP contribution is 2.10. The molecule has 108 valence electrons. The number of piperidine rings is 1. The molecule has 2 amide bonds. The summed E-state index contributed by atoms with van der Waals surface area (Å²) in [4.78, 5) is 25.6. The molecule has 1 aliphatic heterocycles. The van der Waals surface area contributed by atoms with Crippen molar-refractivity contribution in [3.63, 3.8) is 0 Å². The Hall–Kier alpha value is -1.55. The van der Waals surface area contributed by atoms with Crippen molar-refractivity contribution in [3.8, 4) is 0 Å². The molecule has 0 bridgehead atoms. The largest absolute Gasteiger partial charge is 0.352 e. The van der Waals surface area contributed by atoms with E-state index in [0.29, 0.717) is 23.6 Å². The Morgan fingerprint density at radius 1 is 1.10 bits per heavy atom. The number of amides is 2. The van der Waals surface area contributed by atoms with Crippen LogP contribution in [0.25, 0.3) is 0 Å². The van der Waals surface area contributed by atoms with E-state index in [2.05, 4.69) is 5.32 Å². The smallest absolute Gasteiger partial charge is 0.251 e. The van der Waals surface area contributed by atoms with Crippen molar-refractivity contribution in [2.24, 2.45) is 0 Å². The topological polar surface area (TPSA) is 49.4 Å². The molecule has 5 heteroatoms. The standard InChI is InChI=1S/C15H19ClN2O2/c16-13-6-4-12(5-7-13)15(20)17-9-8-14(19)18-10-2-1-3-11-18/h4-7H,1-3,8-11H2,(H,17,20). The Labute approximate surface area is 124 Å². The van der Waals surface area contributed by atoms with Crippen LogP contribution in [0.3, 0.4) is 0 Å². The maximum atomic E-state index is 11.9. The molecule has 0 unspecified atom stereocenters. The van der Waals surface area contributed by atoms with Crippen LogP contribution in [-0.4, -0.2) is 36.3 Å². The van der Waals surface area contributed by atoms with Crippen molar-refractivity contribution in [1.82, 2.24) is 10.2 Å². The molecular weight excluding hydrogens is 276 g/mol. The predicted octanol–water partition coefficient (Wildman–Crippen LogP) is 2.47. The van der Waals surface area contributed by atoms with Gasteiger partial charge in [-0.1, -0.05) is 11.6 Å². The van der Waals surface area contributed by atoms with E-state index in [1.165, 1.54) is 6.42 Å². The monoisotopic (exact) mass is 294 g/mol. The summed E-state index contributed by atoms with van der Waals surface area (Å²) in [5, 5.41) is 3.36. The van der Waals surface area contributed by atoms with Gasteiger partial charge >= 0.3 is 0 Å². The predicted molar refractivity (Wildman–Crippen MR) is 78.8 cm³/mol. The summed E-state index contributed by atoms with van der Waals surface area (Å²) in [7, 11) is 0. The number of nitrogens with one attached hydrogen (secondary N) is 1. The summed E-state index contributed by atoms with van der Waals surface area (Å²) in [6.07, 6.45) is 3.74. The van der Waals surface area contributed by atoms with Gasteiger partial charge in [-0.3, -0.25) is 9.59 Å². The lowest BCUT2D eigenvalue weighted by Crippen LogP contribution is -2.37. The number of likely N-dealkylation sites (tertiary alicyclic amines) is 1. The Balaban J connectivity index is 1.73. The second kappa shape index (κ2) is 7.29. The van der Waals surface area contributed by atoms with Gasteiger partial charge in [0.05, 0.1) is 0 Å². The van der Waals surface area contributed by atoms with Gasteiger partial charge in [0.1, 0.15) is 0 Å². The van der Waals surface area contributed by atoms with Gasteiger partial charge in [0.2, 0.25) is 5.91 Å². The molecule has 0 aromatic heterocycles. The molecular formula is C15H19ClN2O2. The van der Waals surface area contributed by atoms with Crippen molar-refractivity contribution >= 4 is 23.4 Å². The van der Waals surface area contributed by atoms with Gasteiger partial charge in [0.15, 0.2) is 0 Å². The van der Waals surface area contributed by atoms with Crippen molar-refractivity contribution < 1.29 is 9.59 Å². The first-order chi connectivity index (χ1) is 9.66. The molecule has 1 aromatic rings. The molecule has 0 atom stereocenters. The first-order valence-electron chi connectivity index (χ1n) is 6.98. The number of benzene rings is 1. The quantitative estimate of drug-likeness (QED) is 0.927. The minimum Gasteiger partial charge on any atom is -0.352 e. The zero-order valence-electron chi connectivity index (χ0n) is 11.4. The van der Waals surface area contributed by atoms with Crippen molar-refractivity contribution in [2.45, 2.75) is 25.7 Å². The Morgan fingerprint density at radius 3 is 2.40 bits per heavy atom. The Morgan fingerprint density at radius 2 is 1.75 bits per heavy atom. The summed E-state index contributed by atoms with van der Waals surface area (Å²) >= 11 is 5.77. The summed E-state index contributed by atoms with van der Waals surface area (Å²) in [5.74, 6) is -0.0470. The Kier molecular flexibility index (Phi) is 5.41. The maximum absolute atomic E-state index is 11.9. The highest BCUT2D eigenvalue weighted by Gasteiger charge is 2.16. The summed E-state index contributed by atoms with van der Waals surface area (Å²) in [6.45, 7) is 2.07. The van der Waals surface area contributed by atoms with Crippen LogP contribution in [0.5, 0.6) is 0 Å². The van der Waals surface area contributed by atoms with Crippen LogP contribution < -0.4 is 5.32 Å². The molecule has 1 fully saturated rings. The van der Waals surface area contributed by atoms with Crippen molar-refractivity contribution in [2.75, 3.05) is 19.6 Å². The molecule has 1 saturated heterocycles. The van der Waals surface area contributed by atoms with Crippen molar-refractivity contribution in [1.29, 1.82) is 0 Å². The molecule has 0 aliphatic carbocycles. The van der Waals surface area contributed by atoms with E-state index >= 15 is 0 Å². The number of nitrogens with zero attached hydrogens (tertiary/aromatic N) is 1. The lowest BCUT2D eigenvalue weighted by Gasteiger charge is -2.26. The number of carbonyl (C=O) groups excluding carboxylic acids is 2. The zero-order valence-corrected chi connectivity index (χ0v) is 12.2. The lowest BCUT2D eigenvalue weighted by atomic mass is 10.1. The second-order valence-electron chi connectivity index (χ2n) is 4.95. The fourth-order valence-corrected chi connectivity index (χ4v) is 2.41. The van der Waals surface area contributed by atoms with E-state index in [0.717, 1.165) is 25.9 Å². The fraction of sp³-hybridized carbons (Fsp3) is 0.467. The van der Waals surface area contributed by atoms with Crippen LogP contribution in [0.4, 0.5) is 0 Å².